The molecule has 1 fully saturated rings. The van der Waals surface area contributed by atoms with Crippen molar-refractivity contribution >= 4 is 23.4 Å². The van der Waals surface area contributed by atoms with Crippen LogP contribution in [0.3, 0.4) is 0 Å². The van der Waals surface area contributed by atoms with Crippen molar-refractivity contribution in [2.24, 2.45) is 0 Å². The van der Waals surface area contributed by atoms with E-state index < -0.39 is 5.97 Å². The van der Waals surface area contributed by atoms with Crippen molar-refractivity contribution < 1.29 is 28.5 Å². The molecule has 0 amide bonds. The van der Waals surface area contributed by atoms with E-state index >= 15 is 0 Å². The van der Waals surface area contributed by atoms with Gasteiger partial charge >= 0.3 is 5.97 Å². The van der Waals surface area contributed by atoms with Crippen molar-refractivity contribution in [3.63, 3.8) is 0 Å². The number of methoxy groups -OCH3 is 1. The first-order chi connectivity index (χ1) is 13.6. The summed E-state index contributed by atoms with van der Waals surface area (Å²) in [5.41, 5.74) is 0.682. The number of carbonyl (C=O) groups excluding carboxylic acids is 2. The molecule has 3 rings (SSSR count). The minimum absolute atomic E-state index is 0.127. The number of hydrogen-bond acceptors (Lipinski definition) is 6. The zero-order valence-corrected chi connectivity index (χ0v) is 16.2. The Kier molecular flexibility index (Phi) is 6.90. The molecule has 0 radical (unpaired) electrons. The van der Waals surface area contributed by atoms with Gasteiger partial charge in [0.15, 0.2) is 12.4 Å². The second kappa shape index (κ2) is 9.57. The summed E-state index contributed by atoms with van der Waals surface area (Å²) in [5.74, 6) is 0.182. The molecule has 2 aromatic carbocycles. The van der Waals surface area contributed by atoms with Gasteiger partial charge in [0, 0.05) is 12.2 Å². The molecule has 0 aliphatic carbocycles. The first kappa shape index (κ1) is 20.2. The summed E-state index contributed by atoms with van der Waals surface area (Å²) in [5, 5.41) is 0.318. The molecule has 1 aliphatic rings. The maximum Gasteiger partial charge on any atom is 0.338 e. The molecule has 0 aromatic heterocycles. The maximum atomic E-state index is 12.2. The fourth-order valence-corrected chi connectivity index (χ4v) is 3.05. The Morgan fingerprint density at radius 1 is 1.14 bits per heavy atom. The van der Waals surface area contributed by atoms with Gasteiger partial charge in [0.2, 0.25) is 0 Å². The second-order valence-electron chi connectivity index (χ2n) is 6.32. The van der Waals surface area contributed by atoms with Crippen LogP contribution in [-0.4, -0.2) is 44.8 Å². The van der Waals surface area contributed by atoms with E-state index in [9.17, 15) is 9.59 Å². The molecular weight excluding hydrogens is 384 g/mol. The Labute approximate surface area is 168 Å². The zero-order chi connectivity index (χ0) is 19.9. The number of Topliss-reactive ketones (excluding diaryl/α,β-unsaturated/α-hetero) is 1. The lowest BCUT2D eigenvalue weighted by Crippen LogP contribution is -2.16. The van der Waals surface area contributed by atoms with E-state index in [0.29, 0.717) is 34.3 Å². The Morgan fingerprint density at radius 3 is 2.54 bits per heavy atom. The van der Waals surface area contributed by atoms with Crippen molar-refractivity contribution in [2.75, 3.05) is 26.9 Å². The molecule has 2 aromatic rings. The number of ether oxygens (including phenoxy) is 4. The number of ketones is 1. The Balaban J connectivity index is 1.50. The van der Waals surface area contributed by atoms with Gasteiger partial charge in [-0.3, -0.25) is 4.79 Å². The molecule has 0 unspecified atom stereocenters. The third-order valence-electron chi connectivity index (χ3n) is 4.36. The first-order valence-electron chi connectivity index (χ1n) is 8.95. The average Bonchev–Trinajstić information content (AvgIpc) is 3.24. The molecule has 1 atom stereocenters. The minimum atomic E-state index is -0.585. The van der Waals surface area contributed by atoms with Gasteiger partial charge in [-0.1, -0.05) is 11.6 Å². The highest BCUT2D eigenvalue weighted by Gasteiger charge is 2.17. The van der Waals surface area contributed by atoms with E-state index in [1.54, 1.807) is 36.4 Å². The van der Waals surface area contributed by atoms with Gasteiger partial charge in [-0.2, -0.15) is 0 Å². The SMILES string of the molecule is COc1ccc(C(=O)COC(=O)c2ccc(OC[C@H]3CCCO3)cc2)cc1Cl. The van der Waals surface area contributed by atoms with E-state index in [2.05, 4.69) is 0 Å². The van der Waals surface area contributed by atoms with Gasteiger partial charge in [-0.05, 0) is 55.3 Å². The monoisotopic (exact) mass is 404 g/mol. The topological polar surface area (TPSA) is 71.1 Å². The van der Waals surface area contributed by atoms with Gasteiger partial charge in [-0.25, -0.2) is 4.79 Å². The first-order valence-corrected chi connectivity index (χ1v) is 9.33. The van der Waals surface area contributed by atoms with E-state index in [1.165, 1.54) is 13.2 Å². The molecule has 148 valence electrons. The molecule has 1 aliphatic heterocycles. The van der Waals surface area contributed by atoms with Crippen LogP contribution >= 0.6 is 11.6 Å². The van der Waals surface area contributed by atoms with Crippen molar-refractivity contribution in [3.05, 3.63) is 58.6 Å². The molecule has 1 heterocycles. The Hall–Kier alpha value is -2.57. The fourth-order valence-electron chi connectivity index (χ4n) is 2.79. The summed E-state index contributed by atoms with van der Waals surface area (Å²) in [6.07, 6.45) is 2.18. The van der Waals surface area contributed by atoms with Crippen LogP contribution in [0.2, 0.25) is 5.02 Å². The van der Waals surface area contributed by atoms with Gasteiger partial charge < -0.3 is 18.9 Å². The van der Waals surface area contributed by atoms with Crippen LogP contribution in [0.4, 0.5) is 0 Å². The van der Waals surface area contributed by atoms with Gasteiger partial charge in [-0.15, -0.1) is 0 Å². The minimum Gasteiger partial charge on any atom is -0.495 e. The highest BCUT2D eigenvalue weighted by molar-refractivity contribution is 6.32. The van der Waals surface area contributed by atoms with Crippen LogP contribution in [0.1, 0.15) is 33.6 Å². The number of rotatable bonds is 8. The maximum absolute atomic E-state index is 12.2. The van der Waals surface area contributed by atoms with Crippen LogP contribution in [0.15, 0.2) is 42.5 Å². The van der Waals surface area contributed by atoms with Gasteiger partial charge in [0.05, 0.1) is 23.8 Å². The predicted molar refractivity (Wildman–Crippen MR) is 104 cm³/mol. The van der Waals surface area contributed by atoms with Crippen LogP contribution in [0, 0.1) is 0 Å². The third kappa shape index (κ3) is 5.24. The van der Waals surface area contributed by atoms with E-state index in [4.69, 9.17) is 30.5 Å². The quantitative estimate of drug-likeness (QED) is 0.490. The van der Waals surface area contributed by atoms with Gasteiger partial charge in [0.1, 0.15) is 18.1 Å². The molecule has 7 heteroatoms. The second-order valence-corrected chi connectivity index (χ2v) is 6.73. The summed E-state index contributed by atoms with van der Waals surface area (Å²) in [7, 11) is 1.49. The molecular formula is C21H21ClO6. The van der Waals surface area contributed by atoms with Crippen LogP contribution in [0.5, 0.6) is 11.5 Å². The van der Waals surface area contributed by atoms with Crippen molar-refractivity contribution in [1.82, 2.24) is 0 Å². The van der Waals surface area contributed by atoms with E-state index in [-0.39, 0.29) is 18.5 Å². The lowest BCUT2D eigenvalue weighted by molar-refractivity contribution is 0.0474. The number of esters is 1. The summed E-state index contributed by atoms with van der Waals surface area (Å²) >= 11 is 6.01. The van der Waals surface area contributed by atoms with E-state index in [0.717, 1.165) is 19.4 Å². The summed E-state index contributed by atoms with van der Waals surface area (Å²) in [6, 6.07) is 11.2. The largest absolute Gasteiger partial charge is 0.495 e. The molecule has 28 heavy (non-hydrogen) atoms. The highest BCUT2D eigenvalue weighted by atomic mass is 35.5. The highest BCUT2D eigenvalue weighted by Crippen LogP contribution is 2.25. The molecule has 0 bridgehead atoms. The summed E-state index contributed by atoms with van der Waals surface area (Å²) in [6.45, 7) is 0.891. The van der Waals surface area contributed by atoms with Crippen molar-refractivity contribution in [2.45, 2.75) is 18.9 Å². The lowest BCUT2D eigenvalue weighted by Gasteiger charge is -2.11. The zero-order valence-electron chi connectivity index (χ0n) is 15.5. The Bertz CT molecular complexity index is 827. The van der Waals surface area contributed by atoms with E-state index in [1.807, 2.05) is 0 Å². The van der Waals surface area contributed by atoms with Gasteiger partial charge in [0.25, 0.3) is 0 Å². The normalized spacial score (nSPS) is 15.9. The predicted octanol–water partition coefficient (Wildman–Crippen LogP) is 3.95. The summed E-state index contributed by atoms with van der Waals surface area (Å²) in [4.78, 5) is 24.3. The summed E-state index contributed by atoms with van der Waals surface area (Å²) < 4.78 is 21.3. The average molecular weight is 405 g/mol. The van der Waals surface area contributed by atoms with Crippen molar-refractivity contribution in [3.8, 4) is 11.5 Å². The molecule has 6 nitrogen and oxygen atoms in total. The fraction of sp³-hybridized carbons (Fsp3) is 0.333. The molecule has 1 saturated heterocycles. The van der Waals surface area contributed by atoms with Crippen molar-refractivity contribution in [1.29, 1.82) is 0 Å². The van der Waals surface area contributed by atoms with Crippen LogP contribution < -0.4 is 9.47 Å². The molecule has 0 saturated carbocycles. The van der Waals surface area contributed by atoms with Crippen LogP contribution in [-0.2, 0) is 9.47 Å². The smallest absolute Gasteiger partial charge is 0.338 e. The number of hydrogen-bond donors (Lipinski definition) is 0. The molecule has 0 spiro atoms. The number of carbonyl (C=O) groups is 2. The number of halogens is 1. The van der Waals surface area contributed by atoms with Crippen LogP contribution in [0.25, 0.3) is 0 Å². The molecule has 0 N–H and O–H groups in total. The lowest BCUT2D eigenvalue weighted by atomic mass is 10.1. The standard InChI is InChI=1S/C21H21ClO6/c1-25-20-9-6-15(11-18(20)22)19(23)13-28-21(24)14-4-7-16(8-5-14)27-12-17-3-2-10-26-17/h4-9,11,17H,2-3,10,12-13H2,1H3/t17-/m1/s1. The number of benzene rings is 2. The Morgan fingerprint density at radius 2 is 1.89 bits per heavy atom. The third-order valence-corrected chi connectivity index (χ3v) is 4.65.